The number of hydrogen-bond acceptors (Lipinski definition) is 4. The van der Waals surface area contributed by atoms with Crippen molar-refractivity contribution >= 4 is 0 Å². The van der Waals surface area contributed by atoms with Crippen LogP contribution in [0.2, 0.25) is 0 Å². The van der Waals surface area contributed by atoms with Gasteiger partial charge in [0, 0.05) is 31.5 Å². The number of rotatable bonds is 2. The lowest BCUT2D eigenvalue weighted by atomic mass is 10.1. The van der Waals surface area contributed by atoms with Gasteiger partial charge in [0.1, 0.15) is 5.82 Å². The van der Waals surface area contributed by atoms with E-state index in [2.05, 4.69) is 21.6 Å². The summed E-state index contributed by atoms with van der Waals surface area (Å²) in [7, 11) is 0. The molecule has 5 nitrogen and oxygen atoms in total. The summed E-state index contributed by atoms with van der Waals surface area (Å²) in [5.41, 5.74) is 5.97. The lowest BCUT2D eigenvalue weighted by molar-refractivity contribution is 0.352. The molecule has 2 N–H and O–H groups in total. The van der Waals surface area contributed by atoms with Crippen LogP contribution in [0, 0.1) is 0 Å². The van der Waals surface area contributed by atoms with Gasteiger partial charge in [0.05, 0.1) is 0 Å². The minimum Gasteiger partial charge on any atom is -0.327 e. The van der Waals surface area contributed by atoms with E-state index in [0.29, 0.717) is 5.92 Å². The van der Waals surface area contributed by atoms with Crippen molar-refractivity contribution in [3.63, 3.8) is 0 Å². The molecule has 0 aromatic carbocycles. The largest absolute Gasteiger partial charge is 0.327 e. The molecule has 0 saturated carbocycles. The van der Waals surface area contributed by atoms with Crippen molar-refractivity contribution in [3.8, 4) is 0 Å². The number of likely N-dealkylation sites (tertiary alicyclic amines) is 1. The van der Waals surface area contributed by atoms with Crippen LogP contribution >= 0.6 is 0 Å². The summed E-state index contributed by atoms with van der Waals surface area (Å²) in [6.07, 6.45) is 3.11. The number of fused-ring (bicyclic) bond motifs is 1. The van der Waals surface area contributed by atoms with Crippen molar-refractivity contribution in [1.82, 2.24) is 19.7 Å². The summed E-state index contributed by atoms with van der Waals surface area (Å²) < 4.78 is 2.06. The Morgan fingerprint density at radius 3 is 3.00 bits per heavy atom. The van der Waals surface area contributed by atoms with Gasteiger partial charge in [0.25, 0.3) is 0 Å². The second-order valence-electron chi connectivity index (χ2n) is 5.24. The Morgan fingerprint density at radius 1 is 1.35 bits per heavy atom. The van der Waals surface area contributed by atoms with Gasteiger partial charge in [-0.2, -0.15) is 5.10 Å². The second-order valence-corrected chi connectivity index (χ2v) is 5.24. The molecule has 2 aliphatic rings. The molecule has 17 heavy (non-hydrogen) atoms. The molecule has 0 aliphatic carbocycles. The van der Waals surface area contributed by atoms with Crippen LogP contribution in [0.25, 0.3) is 0 Å². The fourth-order valence-corrected chi connectivity index (χ4v) is 2.85. The Hall–Kier alpha value is -0.940. The first-order valence-electron chi connectivity index (χ1n) is 6.68. The van der Waals surface area contributed by atoms with Gasteiger partial charge in [0.15, 0.2) is 5.82 Å². The monoisotopic (exact) mass is 235 g/mol. The molecule has 1 aromatic heterocycles. The molecule has 0 amide bonds. The third kappa shape index (κ3) is 2.09. The van der Waals surface area contributed by atoms with E-state index in [9.17, 15) is 0 Å². The summed E-state index contributed by atoms with van der Waals surface area (Å²) in [4.78, 5) is 7.17. The van der Waals surface area contributed by atoms with E-state index >= 15 is 0 Å². The predicted octanol–water partition coefficient (Wildman–Crippen LogP) is 0.361. The molecule has 0 radical (unpaired) electrons. The quantitative estimate of drug-likeness (QED) is 0.804. The highest BCUT2D eigenvalue weighted by molar-refractivity contribution is 5.05. The van der Waals surface area contributed by atoms with Crippen LogP contribution in [0.5, 0.6) is 0 Å². The predicted molar refractivity (Wildman–Crippen MR) is 65.8 cm³/mol. The molecule has 2 unspecified atom stereocenters. The van der Waals surface area contributed by atoms with E-state index < -0.39 is 0 Å². The average molecular weight is 235 g/mol. The average Bonchev–Trinajstić information content (AvgIpc) is 2.93. The van der Waals surface area contributed by atoms with Crippen molar-refractivity contribution in [1.29, 1.82) is 0 Å². The van der Waals surface area contributed by atoms with Gasteiger partial charge in [-0.3, -0.25) is 0 Å². The maximum absolute atomic E-state index is 5.97. The molecule has 5 heteroatoms. The molecule has 1 aromatic rings. The van der Waals surface area contributed by atoms with E-state index in [4.69, 9.17) is 10.7 Å². The molecule has 3 heterocycles. The molecular formula is C12H21N5. The minimum atomic E-state index is 0.273. The van der Waals surface area contributed by atoms with Gasteiger partial charge >= 0.3 is 0 Å². The Morgan fingerprint density at radius 2 is 2.24 bits per heavy atom. The lowest BCUT2D eigenvalue weighted by Gasteiger charge is -2.17. The third-order valence-corrected chi connectivity index (χ3v) is 4.01. The minimum absolute atomic E-state index is 0.273. The SMILES string of the molecule is CCN1CCC(c2nc3n(n2)CCC(N)C3)C1. The molecule has 1 saturated heterocycles. The third-order valence-electron chi connectivity index (χ3n) is 4.01. The van der Waals surface area contributed by atoms with Crippen molar-refractivity contribution in [2.75, 3.05) is 19.6 Å². The first kappa shape index (κ1) is 11.2. The Bertz CT molecular complexity index is 400. The molecule has 94 valence electrons. The number of aryl methyl sites for hydroxylation is 1. The topological polar surface area (TPSA) is 60.0 Å². The standard InChI is InChI=1S/C12H21N5/c1-2-16-5-3-9(8-16)12-14-11-7-10(13)4-6-17(11)15-12/h9-10H,2-8,13H2,1H3. The van der Waals surface area contributed by atoms with Gasteiger partial charge < -0.3 is 10.6 Å². The Balaban J connectivity index is 1.76. The van der Waals surface area contributed by atoms with Crippen LogP contribution in [0.15, 0.2) is 0 Å². The van der Waals surface area contributed by atoms with Gasteiger partial charge in [-0.05, 0) is 25.9 Å². The summed E-state index contributed by atoms with van der Waals surface area (Å²) >= 11 is 0. The van der Waals surface area contributed by atoms with E-state index in [1.165, 1.54) is 13.0 Å². The fourth-order valence-electron chi connectivity index (χ4n) is 2.85. The zero-order valence-corrected chi connectivity index (χ0v) is 10.5. The summed E-state index contributed by atoms with van der Waals surface area (Å²) in [6, 6.07) is 0.273. The first-order chi connectivity index (χ1) is 8.26. The van der Waals surface area contributed by atoms with Gasteiger partial charge in [-0.25, -0.2) is 9.67 Å². The van der Waals surface area contributed by atoms with Crippen molar-refractivity contribution in [2.24, 2.45) is 5.73 Å². The Kier molecular flexibility index (Phi) is 2.88. The maximum atomic E-state index is 5.97. The Labute approximate surface area is 102 Å². The fraction of sp³-hybridized carbons (Fsp3) is 0.833. The number of nitrogens with zero attached hydrogens (tertiary/aromatic N) is 4. The van der Waals surface area contributed by atoms with E-state index in [0.717, 1.165) is 44.1 Å². The van der Waals surface area contributed by atoms with Crippen LogP contribution in [-0.2, 0) is 13.0 Å². The molecule has 2 atom stereocenters. The zero-order valence-electron chi connectivity index (χ0n) is 10.5. The number of nitrogens with two attached hydrogens (primary N) is 1. The normalized spacial score (nSPS) is 29.5. The van der Waals surface area contributed by atoms with Crippen LogP contribution in [0.4, 0.5) is 0 Å². The van der Waals surface area contributed by atoms with E-state index in [-0.39, 0.29) is 6.04 Å². The number of likely N-dealkylation sites (N-methyl/N-ethyl adjacent to an activating group) is 1. The second kappa shape index (κ2) is 4.38. The molecule has 0 bridgehead atoms. The highest BCUT2D eigenvalue weighted by atomic mass is 15.4. The van der Waals surface area contributed by atoms with Gasteiger partial charge in [-0.15, -0.1) is 0 Å². The van der Waals surface area contributed by atoms with Crippen LogP contribution in [-0.4, -0.2) is 45.3 Å². The van der Waals surface area contributed by atoms with Crippen molar-refractivity contribution < 1.29 is 0 Å². The van der Waals surface area contributed by atoms with Crippen LogP contribution < -0.4 is 5.73 Å². The zero-order chi connectivity index (χ0) is 11.8. The van der Waals surface area contributed by atoms with Gasteiger partial charge in [-0.1, -0.05) is 6.92 Å². The molecule has 3 rings (SSSR count). The first-order valence-corrected chi connectivity index (χ1v) is 6.68. The smallest absolute Gasteiger partial charge is 0.155 e. The van der Waals surface area contributed by atoms with Crippen LogP contribution in [0.1, 0.15) is 37.3 Å². The maximum Gasteiger partial charge on any atom is 0.155 e. The molecule has 1 fully saturated rings. The van der Waals surface area contributed by atoms with E-state index in [1.54, 1.807) is 0 Å². The summed E-state index contributed by atoms with van der Waals surface area (Å²) in [5.74, 6) is 2.67. The number of aromatic nitrogens is 3. The van der Waals surface area contributed by atoms with E-state index in [1.807, 2.05) is 0 Å². The van der Waals surface area contributed by atoms with Gasteiger partial charge in [0.2, 0.25) is 0 Å². The van der Waals surface area contributed by atoms with Crippen molar-refractivity contribution in [3.05, 3.63) is 11.6 Å². The summed E-state index contributed by atoms with van der Waals surface area (Å²) in [5, 5.41) is 4.66. The number of hydrogen-bond donors (Lipinski definition) is 1. The molecular weight excluding hydrogens is 214 g/mol. The molecule has 2 aliphatic heterocycles. The highest BCUT2D eigenvalue weighted by Gasteiger charge is 2.28. The summed E-state index contributed by atoms with van der Waals surface area (Å²) in [6.45, 7) is 6.59. The lowest BCUT2D eigenvalue weighted by Crippen LogP contribution is -2.31. The van der Waals surface area contributed by atoms with Crippen LogP contribution in [0.3, 0.4) is 0 Å². The molecule has 0 spiro atoms. The highest BCUT2D eigenvalue weighted by Crippen LogP contribution is 2.25. The van der Waals surface area contributed by atoms with Crippen molar-refractivity contribution in [2.45, 2.75) is 44.7 Å².